The molecule has 0 spiro atoms. The molecule has 134 valence electrons. The van der Waals surface area contributed by atoms with E-state index in [1.54, 1.807) is 54.6 Å². The van der Waals surface area contributed by atoms with E-state index in [0.29, 0.717) is 21.5 Å². The Morgan fingerprint density at radius 1 is 1.11 bits per heavy atom. The number of aryl methyl sites for hydroxylation is 1. The van der Waals surface area contributed by atoms with Crippen LogP contribution in [-0.2, 0) is 4.79 Å². The molecule has 0 unspecified atom stereocenters. The number of nitriles is 1. The number of nitrogens with zero attached hydrogens (tertiary/aromatic N) is 1. The quantitative estimate of drug-likeness (QED) is 0.443. The third kappa shape index (κ3) is 4.02. The molecular weight excluding hydrogens is 362 g/mol. The second-order valence-corrected chi connectivity index (χ2v) is 6.34. The number of carbonyl (C=O) groups is 1. The van der Waals surface area contributed by atoms with Crippen molar-refractivity contribution in [2.45, 2.75) is 6.92 Å². The first kappa shape index (κ1) is 18.3. The van der Waals surface area contributed by atoms with E-state index in [0.717, 1.165) is 11.3 Å². The molecule has 0 aliphatic carbocycles. The van der Waals surface area contributed by atoms with Gasteiger partial charge >= 0.3 is 0 Å². The second-order valence-electron chi connectivity index (χ2n) is 5.91. The van der Waals surface area contributed by atoms with Gasteiger partial charge in [0.2, 0.25) is 0 Å². The average molecular weight is 378 g/mol. The number of aromatic hydroxyl groups is 1. The molecule has 3 aromatic carbocycles. The first-order valence-electron chi connectivity index (χ1n) is 8.14. The minimum Gasteiger partial charge on any atom is -0.507 e. The molecule has 0 bridgehead atoms. The summed E-state index contributed by atoms with van der Waals surface area (Å²) >= 11 is 5.93. The van der Waals surface area contributed by atoms with Gasteiger partial charge in [-0.25, -0.2) is 0 Å². The largest absolute Gasteiger partial charge is 0.507 e. The fourth-order valence-corrected chi connectivity index (χ4v) is 2.91. The summed E-state index contributed by atoms with van der Waals surface area (Å²) in [7, 11) is 0. The maximum Gasteiger partial charge on any atom is 0.267 e. The summed E-state index contributed by atoms with van der Waals surface area (Å²) < 4.78 is 0. The summed E-state index contributed by atoms with van der Waals surface area (Å²) in [6, 6.07) is 17.4. The average Bonchev–Trinajstić information content (AvgIpc) is 2.64. The molecule has 0 aliphatic rings. The molecule has 3 rings (SSSR count). The van der Waals surface area contributed by atoms with Crippen LogP contribution < -0.4 is 10.6 Å². The number of benzene rings is 3. The molecule has 0 saturated carbocycles. The highest BCUT2D eigenvalue weighted by Crippen LogP contribution is 2.30. The monoisotopic (exact) mass is 377 g/mol. The van der Waals surface area contributed by atoms with Gasteiger partial charge < -0.3 is 15.7 Å². The van der Waals surface area contributed by atoms with Crippen molar-refractivity contribution in [1.29, 1.82) is 5.26 Å². The Bertz CT molecular complexity index is 1100. The van der Waals surface area contributed by atoms with Crippen LogP contribution in [-0.4, -0.2) is 11.0 Å². The third-order valence-electron chi connectivity index (χ3n) is 4.07. The van der Waals surface area contributed by atoms with Crippen molar-refractivity contribution >= 4 is 39.7 Å². The van der Waals surface area contributed by atoms with Crippen molar-refractivity contribution in [1.82, 2.24) is 0 Å². The second kappa shape index (κ2) is 7.81. The Kier molecular flexibility index (Phi) is 5.30. The predicted molar refractivity (Wildman–Crippen MR) is 108 cm³/mol. The summed E-state index contributed by atoms with van der Waals surface area (Å²) in [6.45, 7) is 1.87. The number of phenolic OH excluding ortho intramolecular Hbond substituents is 1. The standard InChI is InChI=1S/C21H16ClN3O2/c1-13-10-15(22)8-9-18(13)24-12-14(11-23)21(27)25-19-6-2-5-17-16(19)4-3-7-20(17)26/h2-10,12,24,26H,1H3,(H,25,27)/b14-12-. The SMILES string of the molecule is Cc1cc(Cl)ccc1N/C=C(/C#N)C(=O)Nc1cccc2c(O)cccc12. The van der Waals surface area contributed by atoms with E-state index in [1.165, 1.54) is 6.20 Å². The van der Waals surface area contributed by atoms with Gasteiger partial charge in [-0.15, -0.1) is 0 Å². The first-order valence-corrected chi connectivity index (χ1v) is 8.52. The van der Waals surface area contributed by atoms with E-state index in [4.69, 9.17) is 11.6 Å². The van der Waals surface area contributed by atoms with E-state index in [2.05, 4.69) is 10.6 Å². The molecule has 0 fully saturated rings. The molecule has 6 heteroatoms. The van der Waals surface area contributed by atoms with Crippen molar-refractivity contribution in [3.63, 3.8) is 0 Å². The Balaban J connectivity index is 1.84. The molecular formula is C21H16ClN3O2. The zero-order valence-corrected chi connectivity index (χ0v) is 15.2. The van der Waals surface area contributed by atoms with Crippen LogP contribution in [0.4, 0.5) is 11.4 Å². The minimum absolute atomic E-state index is 0.0819. The molecule has 3 N–H and O–H groups in total. The van der Waals surface area contributed by atoms with Gasteiger partial charge in [0.05, 0.1) is 0 Å². The highest BCUT2D eigenvalue weighted by atomic mass is 35.5. The summed E-state index contributed by atoms with van der Waals surface area (Å²) in [6.07, 6.45) is 1.36. The van der Waals surface area contributed by atoms with Crippen LogP contribution in [0.2, 0.25) is 5.02 Å². The Morgan fingerprint density at radius 2 is 1.85 bits per heavy atom. The van der Waals surface area contributed by atoms with Crippen molar-refractivity contribution in [2.75, 3.05) is 10.6 Å². The number of amides is 1. The molecule has 5 nitrogen and oxygen atoms in total. The summed E-state index contributed by atoms with van der Waals surface area (Å²) in [5.74, 6) is -0.424. The van der Waals surface area contributed by atoms with E-state index >= 15 is 0 Å². The van der Waals surface area contributed by atoms with E-state index in [1.807, 2.05) is 13.0 Å². The summed E-state index contributed by atoms with van der Waals surface area (Å²) in [5.41, 5.74) is 2.06. The highest BCUT2D eigenvalue weighted by molar-refractivity contribution is 6.30. The van der Waals surface area contributed by atoms with Crippen molar-refractivity contribution in [3.05, 3.63) is 77.0 Å². The van der Waals surface area contributed by atoms with Gasteiger partial charge in [-0.2, -0.15) is 5.26 Å². The Morgan fingerprint density at radius 3 is 2.59 bits per heavy atom. The summed E-state index contributed by atoms with van der Waals surface area (Å²) in [4.78, 5) is 12.5. The van der Waals surface area contributed by atoms with Gasteiger partial charge in [0.1, 0.15) is 17.4 Å². The normalized spacial score (nSPS) is 11.1. The van der Waals surface area contributed by atoms with Gasteiger partial charge in [0, 0.05) is 33.4 Å². The number of anilines is 2. The van der Waals surface area contributed by atoms with Gasteiger partial charge in [-0.05, 0) is 42.8 Å². The maximum absolute atomic E-state index is 12.5. The van der Waals surface area contributed by atoms with Crippen molar-refractivity contribution in [2.24, 2.45) is 0 Å². The lowest BCUT2D eigenvalue weighted by molar-refractivity contribution is -0.112. The van der Waals surface area contributed by atoms with Gasteiger partial charge in [-0.1, -0.05) is 35.9 Å². The van der Waals surface area contributed by atoms with Crippen LogP contribution in [0.3, 0.4) is 0 Å². The topological polar surface area (TPSA) is 85.2 Å². The minimum atomic E-state index is -0.549. The van der Waals surface area contributed by atoms with Crippen molar-refractivity contribution < 1.29 is 9.90 Å². The maximum atomic E-state index is 12.5. The van der Waals surface area contributed by atoms with E-state index in [-0.39, 0.29) is 11.3 Å². The number of carbonyl (C=O) groups excluding carboxylic acids is 1. The Labute approximate surface area is 161 Å². The molecule has 0 aliphatic heterocycles. The summed E-state index contributed by atoms with van der Waals surface area (Å²) in [5, 5.41) is 26.9. The van der Waals surface area contributed by atoms with E-state index < -0.39 is 5.91 Å². The van der Waals surface area contributed by atoms with Crippen molar-refractivity contribution in [3.8, 4) is 11.8 Å². The van der Waals surface area contributed by atoms with Gasteiger partial charge in [0.25, 0.3) is 5.91 Å². The van der Waals surface area contributed by atoms with Crippen LogP contribution in [0.1, 0.15) is 5.56 Å². The fraction of sp³-hybridized carbons (Fsp3) is 0.0476. The van der Waals surface area contributed by atoms with Crippen LogP contribution in [0, 0.1) is 18.3 Å². The molecule has 0 saturated heterocycles. The molecule has 3 aromatic rings. The number of hydrogen-bond donors (Lipinski definition) is 3. The fourth-order valence-electron chi connectivity index (χ4n) is 2.68. The van der Waals surface area contributed by atoms with Crippen LogP contribution >= 0.6 is 11.6 Å². The van der Waals surface area contributed by atoms with Gasteiger partial charge in [-0.3, -0.25) is 4.79 Å². The predicted octanol–water partition coefficient (Wildman–Crippen LogP) is 4.97. The highest BCUT2D eigenvalue weighted by Gasteiger charge is 2.12. The first-order chi connectivity index (χ1) is 13.0. The zero-order valence-electron chi connectivity index (χ0n) is 14.5. The van der Waals surface area contributed by atoms with E-state index in [9.17, 15) is 15.2 Å². The third-order valence-corrected chi connectivity index (χ3v) is 4.31. The van der Waals surface area contributed by atoms with Crippen LogP contribution in [0.15, 0.2) is 66.4 Å². The Hall–Kier alpha value is -3.49. The lowest BCUT2D eigenvalue weighted by Crippen LogP contribution is -2.14. The molecule has 0 radical (unpaired) electrons. The number of fused-ring (bicyclic) bond motifs is 1. The lowest BCUT2D eigenvalue weighted by Gasteiger charge is -2.10. The van der Waals surface area contributed by atoms with Crippen LogP contribution in [0.5, 0.6) is 5.75 Å². The molecule has 0 aromatic heterocycles. The molecule has 27 heavy (non-hydrogen) atoms. The number of phenols is 1. The van der Waals surface area contributed by atoms with Gasteiger partial charge in [0.15, 0.2) is 0 Å². The number of nitrogens with one attached hydrogen (secondary N) is 2. The number of hydrogen-bond acceptors (Lipinski definition) is 4. The molecule has 0 atom stereocenters. The number of rotatable bonds is 4. The molecule has 0 heterocycles. The lowest BCUT2D eigenvalue weighted by atomic mass is 10.1. The zero-order chi connectivity index (χ0) is 19.4. The number of halogens is 1. The smallest absolute Gasteiger partial charge is 0.267 e. The van der Waals surface area contributed by atoms with Crippen LogP contribution in [0.25, 0.3) is 10.8 Å². The molecule has 1 amide bonds.